The molecule has 2 aliphatic rings. The Morgan fingerprint density at radius 3 is 2.77 bits per heavy atom. The number of fused-ring (bicyclic) bond motifs is 1. The molecule has 1 N–H and O–H groups in total. The molecule has 4 rings (SSSR count). The minimum absolute atomic E-state index is 0.0783. The molecule has 0 spiro atoms. The van der Waals surface area contributed by atoms with E-state index in [-0.39, 0.29) is 6.10 Å². The van der Waals surface area contributed by atoms with E-state index in [0.29, 0.717) is 12.6 Å². The van der Waals surface area contributed by atoms with E-state index in [2.05, 4.69) is 29.6 Å². The van der Waals surface area contributed by atoms with Crippen molar-refractivity contribution in [1.29, 1.82) is 0 Å². The predicted octanol–water partition coefficient (Wildman–Crippen LogP) is 2.71. The summed E-state index contributed by atoms with van der Waals surface area (Å²) in [4.78, 5) is 12.4. The maximum atomic E-state index is 10.4. The van der Waals surface area contributed by atoms with E-state index in [4.69, 9.17) is 9.47 Å². The fraction of sp³-hybridized carbons (Fsp3) is 0.333. The van der Waals surface area contributed by atoms with Gasteiger partial charge in [-0.3, -0.25) is 0 Å². The van der Waals surface area contributed by atoms with Crippen LogP contribution in [0.4, 0.5) is 0 Å². The lowest BCUT2D eigenvalue weighted by Crippen LogP contribution is -2.30. The van der Waals surface area contributed by atoms with Crippen LogP contribution in [-0.2, 0) is 11.3 Å². The number of nitrogens with zero attached hydrogens (tertiary/aromatic N) is 1. The van der Waals surface area contributed by atoms with Crippen molar-refractivity contribution in [2.75, 3.05) is 19.7 Å². The minimum atomic E-state index is -0.0783. The molecule has 2 aliphatic heterocycles. The Labute approximate surface area is 153 Å². The number of likely N-dealkylation sites (tertiary alicyclic amines) is 1. The van der Waals surface area contributed by atoms with E-state index in [1.807, 2.05) is 35.1 Å². The van der Waals surface area contributed by atoms with Crippen LogP contribution in [0.3, 0.4) is 0 Å². The van der Waals surface area contributed by atoms with Gasteiger partial charge in [-0.2, -0.15) is 0 Å². The van der Waals surface area contributed by atoms with Crippen molar-refractivity contribution >= 4 is 5.94 Å². The van der Waals surface area contributed by atoms with Gasteiger partial charge in [0.15, 0.2) is 17.6 Å². The quantitative estimate of drug-likeness (QED) is 0.841. The molecule has 0 bridgehead atoms. The lowest BCUT2D eigenvalue weighted by atomic mass is 10.1. The number of rotatable bonds is 5. The molecule has 0 saturated carbocycles. The van der Waals surface area contributed by atoms with Crippen molar-refractivity contribution in [2.24, 2.45) is 0 Å². The van der Waals surface area contributed by atoms with E-state index in [0.717, 1.165) is 43.1 Å². The highest BCUT2D eigenvalue weighted by molar-refractivity contribution is 5.44. The van der Waals surface area contributed by atoms with Gasteiger partial charge in [-0.1, -0.05) is 36.4 Å². The number of benzene rings is 2. The van der Waals surface area contributed by atoms with Crippen molar-refractivity contribution < 1.29 is 14.3 Å². The number of hydrogen-bond donors (Lipinski definition) is 1. The second kappa shape index (κ2) is 7.65. The molecule has 2 aromatic rings. The molecule has 0 aromatic heterocycles. The van der Waals surface area contributed by atoms with E-state index in [1.54, 1.807) is 0 Å². The molecule has 5 nitrogen and oxygen atoms in total. The second-order valence-corrected chi connectivity index (χ2v) is 6.71. The normalized spacial score (nSPS) is 21.3. The maximum absolute atomic E-state index is 10.4. The SMILES string of the molecule is O=C=CN1CC[C@@H](NCc2ccc([C@H]3COc4ccccc4O3)cc2)C1. The van der Waals surface area contributed by atoms with Gasteiger partial charge < -0.3 is 19.7 Å². The van der Waals surface area contributed by atoms with Gasteiger partial charge in [0, 0.05) is 25.7 Å². The molecule has 1 fully saturated rings. The molecule has 2 aromatic carbocycles. The third-order valence-electron chi connectivity index (χ3n) is 4.91. The van der Waals surface area contributed by atoms with Crippen LogP contribution in [0.5, 0.6) is 11.5 Å². The summed E-state index contributed by atoms with van der Waals surface area (Å²) in [6.45, 7) is 3.11. The zero-order chi connectivity index (χ0) is 17.8. The maximum Gasteiger partial charge on any atom is 0.162 e. The van der Waals surface area contributed by atoms with Gasteiger partial charge in [0.2, 0.25) is 0 Å². The van der Waals surface area contributed by atoms with Gasteiger partial charge in [-0.25, -0.2) is 4.79 Å². The summed E-state index contributed by atoms with van der Waals surface area (Å²) >= 11 is 0. The summed E-state index contributed by atoms with van der Waals surface area (Å²) in [5.41, 5.74) is 2.35. The molecule has 0 unspecified atom stereocenters. The second-order valence-electron chi connectivity index (χ2n) is 6.71. The summed E-state index contributed by atoms with van der Waals surface area (Å²) < 4.78 is 11.8. The standard InChI is InChI=1S/C21H22N2O3/c24-12-11-23-10-9-18(14-23)22-13-16-5-7-17(8-6-16)21-15-25-19-3-1-2-4-20(19)26-21/h1-8,11,18,21-22H,9-10,13-15H2/t18-,21-/m1/s1. The third kappa shape index (κ3) is 3.74. The molecular weight excluding hydrogens is 328 g/mol. The van der Waals surface area contributed by atoms with Gasteiger partial charge in [0.25, 0.3) is 0 Å². The fourth-order valence-electron chi connectivity index (χ4n) is 3.44. The van der Waals surface area contributed by atoms with Crippen LogP contribution in [0.15, 0.2) is 54.7 Å². The Morgan fingerprint density at radius 1 is 1.15 bits per heavy atom. The molecule has 26 heavy (non-hydrogen) atoms. The molecule has 1 saturated heterocycles. The zero-order valence-electron chi connectivity index (χ0n) is 14.6. The number of ether oxygens (including phenoxy) is 2. The van der Waals surface area contributed by atoms with E-state index < -0.39 is 0 Å². The predicted molar refractivity (Wildman–Crippen MR) is 98.8 cm³/mol. The van der Waals surface area contributed by atoms with Gasteiger partial charge in [-0.05, 0) is 29.7 Å². The lowest BCUT2D eigenvalue weighted by Gasteiger charge is -2.26. The van der Waals surface area contributed by atoms with E-state index >= 15 is 0 Å². The van der Waals surface area contributed by atoms with Crippen molar-refractivity contribution in [2.45, 2.75) is 25.1 Å². The van der Waals surface area contributed by atoms with Crippen LogP contribution in [0, 0.1) is 0 Å². The Balaban J connectivity index is 1.32. The van der Waals surface area contributed by atoms with Gasteiger partial charge in [0.05, 0.1) is 6.20 Å². The van der Waals surface area contributed by atoms with Gasteiger partial charge >= 0.3 is 0 Å². The van der Waals surface area contributed by atoms with Crippen LogP contribution < -0.4 is 14.8 Å². The highest BCUT2D eigenvalue weighted by Crippen LogP contribution is 2.35. The first-order valence-corrected chi connectivity index (χ1v) is 8.97. The first kappa shape index (κ1) is 16.7. The van der Waals surface area contributed by atoms with Crippen molar-refractivity contribution in [3.05, 3.63) is 65.9 Å². The smallest absolute Gasteiger partial charge is 0.162 e. The third-order valence-corrected chi connectivity index (χ3v) is 4.91. The number of carbonyl (C=O) groups excluding carboxylic acids is 1. The summed E-state index contributed by atoms with van der Waals surface area (Å²) in [5.74, 6) is 3.45. The molecule has 2 atom stereocenters. The van der Waals surface area contributed by atoms with Crippen molar-refractivity contribution in [1.82, 2.24) is 10.2 Å². The largest absolute Gasteiger partial charge is 0.485 e. The average molecular weight is 350 g/mol. The first-order chi connectivity index (χ1) is 12.8. The van der Waals surface area contributed by atoms with Crippen LogP contribution in [0.25, 0.3) is 0 Å². The minimum Gasteiger partial charge on any atom is -0.485 e. The average Bonchev–Trinajstić information content (AvgIpc) is 3.14. The number of para-hydroxylation sites is 2. The zero-order valence-corrected chi connectivity index (χ0v) is 14.6. The fourth-order valence-corrected chi connectivity index (χ4v) is 3.44. The Bertz CT molecular complexity index is 799. The Kier molecular flexibility index (Phi) is 4.91. The van der Waals surface area contributed by atoms with Crippen LogP contribution in [-0.4, -0.2) is 36.6 Å². The number of nitrogens with one attached hydrogen (secondary N) is 1. The summed E-state index contributed by atoms with van der Waals surface area (Å²) in [6, 6.07) is 16.6. The summed E-state index contributed by atoms with van der Waals surface area (Å²) in [7, 11) is 0. The summed E-state index contributed by atoms with van der Waals surface area (Å²) in [5, 5.41) is 3.55. The highest BCUT2D eigenvalue weighted by atomic mass is 16.6. The molecule has 5 heteroatoms. The van der Waals surface area contributed by atoms with Crippen LogP contribution >= 0.6 is 0 Å². The topological polar surface area (TPSA) is 50.8 Å². The number of hydrogen-bond acceptors (Lipinski definition) is 5. The molecule has 134 valence electrons. The molecular formula is C21H22N2O3. The highest BCUT2D eigenvalue weighted by Gasteiger charge is 2.22. The molecule has 0 amide bonds. The Hall–Kier alpha value is -2.75. The van der Waals surface area contributed by atoms with Crippen LogP contribution in [0.2, 0.25) is 0 Å². The molecule has 2 heterocycles. The Morgan fingerprint density at radius 2 is 1.96 bits per heavy atom. The van der Waals surface area contributed by atoms with Crippen molar-refractivity contribution in [3.63, 3.8) is 0 Å². The van der Waals surface area contributed by atoms with Gasteiger partial charge in [-0.15, -0.1) is 0 Å². The molecule has 0 aliphatic carbocycles. The van der Waals surface area contributed by atoms with Gasteiger partial charge in [0.1, 0.15) is 12.5 Å². The monoisotopic (exact) mass is 350 g/mol. The molecule has 0 radical (unpaired) electrons. The lowest BCUT2D eigenvalue weighted by molar-refractivity contribution is 0.0913. The first-order valence-electron chi connectivity index (χ1n) is 8.97. The van der Waals surface area contributed by atoms with E-state index in [1.165, 1.54) is 11.8 Å². The van der Waals surface area contributed by atoms with Crippen molar-refractivity contribution in [3.8, 4) is 11.5 Å². The summed E-state index contributed by atoms with van der Waals surface area (Å²) in [6.07, 6.45) is 2.47. The van der Waals surface area contributed by atoms with E-state index in [9.17, 15) is 4.79 Å². The van der Waals surface area contributed by atoms with Crippen LogP contribution in [0.1, 0.15) is 23.7 Å².